The lowest BCUT2D eigenvalue weighted by Crippen LogP contribution is -2.42. The van der Waals surface area contributed by atoms with Gasteiger partial charge in [-0.3, -0.25) is 0 Å². The molecule has 2 N–H and O–H groups in total. The third kappa shape index (κ3) is 8.13. The SMILES string of the molecule is CCNC(=NCc1ccc(C)s1)NCCS(=O)(=O)N(CC)CC.I. The highest BCUT2D eigenvalue weighted by Crippen LogP contribution is 2.15. The lowest BCUT2D eigenvalue weighted by molar-refractivity contribution is 0.445. The standard InChI is InChI=1S/C15H28N4O2S2.HI/c1-5-16-15(18-12-14-9-8-13(4)22-14)17-10-11-23(20,21)19(6-2)7-3;/h8-9H,5-7,10-12H2,1-4H3,(H2,16,17,18);1H. The third-order valence-electron chi connectivity index (χ3n) is 3.28. The maximum Gasteiger partial charge on any atom is 0.215 e. The minimum Gasteiger partial charge on any atom is -0.357 e. The molecule has 1 rings (SSSR count). The minimum absolute atomic E-state index is 0. The number of nitrogens with zero attached hydrogens (tertiary/aromatic N) is 2. The topological polar surface area (TPSA) is 73.8 Å². The first-order valence-corrected chi connectivity index (χ1v) is 10.4. The Balaban J connectivity index is 0.00000529. The smallest absolute Gasteiger partial charge is 0.215 e. The van der Waals surface area contributed by atoms with Crippen molar-refractivity contribution in [3.63, 3.8) is 0 Å². The first kappa shape index (κ1) is 23.6. The van der Waals surface area contributed by atoms with Gasteiger partial charge in [-0.1, -0.05) is 13.8 Å². The van der Waals surface area contributed by atoms with E-state index in [0.717, 1.165) is 6.54 Å². The predicted molar refractivity (Wildman–Crippen MR) is 114 cm³/mol. The molecule has 0 fully saturated rings. The van der Waals surface area contributed by atoms with E-state index >= 15 is 0 Å². The molecule has 9 heteroatoms. The molecule has 0 aliphatic carbocycles. The van der Waals surface area contributed by atoms with E-state index in [9.17, 15) is 8.42 Å². The molecular formula is C15H29IN4O2S2. The second kappa shape index (κ2) is 12.0. The van der Waals surface area contributed by atoms with Crippen LogP contribution in [0.25, 0.3) is 0 Å². The van der Waals surface area contributed by atoms with E-state index in [-0.39, 0.29) is 29.7 Å². The summed E-state index contributed by atoms with van der Waals surface area (Å²) in [4.78, 5) is 6.95. The van der Waals surface area contributed by atoms with Crippen LogP contribution in [0, 0.1) is 6.92 Å². The van der Waals surface area contributed by atoms with Gasteiger partial charge in [0.05, 0.1) is 12.3 Å². The summed E-state index contributed by atoms with van der Waals surface area (Å²) in [5.41, 5.74) is 0. The minimum atomic E-state index is -3.21. The Labute approximate surface area is 167 Å². The van der Waals surface area contributed by atoms with Gasteiger partial charge in [-0.15, -0.1) is 35.3 Å². The summed E-state index contributed by atoms with van der Waals surface area (Å²) in [6, 6.07) is 4.14. The average molecular weight is 488 g/mol. The summed E-state index contributed by atoms with van der Waals surface area (Å²) in [5, 5.41) is 6.23. The molecule has 0 aliphatic rings. The van der Waals surface area contributed by atoms with Gasteiger partial charge in [0.1, 0.15) is 0 Å². The van der Waals surface area contributed by atoms with Crippen molar-refractivity contribution in [2.75, 3.05) is 31.9 Å². The largest absolute Gasteiger partial charge is 0.357 e. The zero-order valence-corrected chi connectivity index (χ0v) is 18.8. The molecule has 0 saturated heterocycles. The fourth-order valence-electron chi connectivity index (χ4n) is 2.11. The Bertz CT molecular complexity index is 598. The van der Waals surface area contributed by atoms with Crippen molar-refractivity contribution in [3.05, 3.63) is 21.9 Å². The number of aryl methyl sites for hydroxylation is 1. The molecule has 0 radical (unpaired) electrons. The van der Waals surface area contributed by atoms with E-state index in [0.29, 0.717) is 32.1 Å². The molecule has 0 bridgehead atoms. The quantitative estimate of drug-likeness (QED) is 0.318. The molecule has 6 nitrogen and oxygen atoms in total. The summed E-state index contributed by atoms with van der Waals surface area (Å²) >= 11 is 1.72. The monoisotopic (exact) mass is 488 g/mol. The molecule has 1 heterocycles. The highest BCUT2D eigenvalue weighted by molar-refractivity contribution is 14.0. The summed E-state index contributed by atoms with van der Waals surface area (Å²) in [6.07, 6.45) is 0. The molecule has 1 aromatic heterocycles. The van der Waals surface area contributed by atoms with Gasteiger partial charge in [-0.2, -0.15) is 0 Å². The van der Waals surface area contributed by atoms with E-state index in [1.165, 1.54) is 14.1 Å². The van der Waals surface area contributed by atoms with Crippen LogP contribution in [0.1, 0.15) is 30.5 Å². The Morgan fingerprint density at radius 3 is 2.38 bits per heavy atom. The van der Waals surface area contributed by atoms with Crippen LogP contribution in [0.4, 0.5) is 0 Å². The maximum atomic E-state index is 12.1. The van der Waals surface area contributed by atoms with Crippen molar-refractivity contribution in [1.29, 1.82) is 0 Å². The van der Waals surface area contributed by atoms with Crippen LogP contribution in [0.15, 0.2) is 17.1 Å². The second-order valence-electron chi connectivity index (χ2n) is 5.03. The summed E-state index contributed by atoms with van der Waals surface area (Å²) < 4.78 is 25.8. The van der Waals surface area contributed by atoms with Gasteiger partial charge in [0.2, 0.25) is 10.0 Å². The highest BCUT2D eigenvalue weighted by Gasteiger charge is 2.18. The summed E-state index contributed by atoms with van der Waals surface area (Å²) in [7, 11) is -3.21. The molecule has 0 spiro atoms. The van der Waals surface area contributed by atoms with Crippen LogP contribution in [0.2, 0.25) is 0 Å². The van der Waals surface area contributed by atoms with Crippen LogP contribution in [-0.4, -0.2) is 50.6 Å². The molecule has 0 aliphatic heterocycles. The molecular weight excluding hydrogens is 459 g/mol. The number of sulfonamides is 1. The van der Waals surface area contributed by atoms with Gasteiger partial charge in [0, 0.05) is 35.9 Å². The Hall–Kier alpha value is -0.390. The first-order valence-electron chi connectivity index (χ1n) is 7.98. The van der Waals surface area contributed by atoms with E-state index in [2.05, 4.69) is 34.7 Å². The Morgan fingerprint density at radius 2 is 1.88 bits per heavy atom. The van der Waals surface area contributed by atoms with Crippen LogP contribution in [0.3, 0.4) is 0 Å². The van der Waals surface area contributed by atoms with Crippen LogP contribution < -0.4 is 10.6 Å². The van der Waals surface area contributed by atoms with Gasteiger partial charge in [0.25, 0.3) is 0 Å². The molecule has 24 heavy (non-hydrogen) atoms. The molecule has 0 atom stereocenters. The van der Waals surface area contributed by atoms with Gasteiger partial charge < -0.3 is 10.6 Å². The van der Waals surface area contributed by atoms with Crippen LogP contribution >= 0.6 is 35.3 Å². The normalized spacial score (nSPS) is 12.1. The summed E-state index contributed by atoms with van der Waals surface area (Å²) in [5.74, 6) is 0.713. The number of nitrogens with one attached hydrogen (secondary N) is 2. The fraction of sp³-hybridized carbons (Fsp3) is 0.667. The highest BCUT2D eigenvalue weighted by atomic mass is 127. The van der Waals surface area contributed by atoms with Crippen molar-refractivity contribution in [1.82, 2.24) is 14.9 Å². The van der Waals surface area contributed by atoms with Gasteiger partial charge in [0.15, 0.2) is 5.96 Å². The molecule has 0 saturated carbocycles. The van der Waals surface area contributed by atoms with Crippen molar-refractivity contribution in [3.8, 4) is 0 Å². The summed E-state index contributed by atoms with van der Waals surface area (Å²) in [6.45, 7) is 10.4. The fourth-order valence-corrected chi connectivity index (χ4v) is 4.33. The lowest BCUT2D eigenvalue weighted by Gasteiger charge is -2.19. The third-order valence-corrected chi connectivity index (χ3v) is 6.29. The number of rotatable bonds is 9. The van der Waals surface area contributed by atoms with E-state index in [1.54, 1.807) is 11.3 Å². The zero-order chi connectivity index (χ0) is 17.3. The second-order valence-corrected chi connectivity index (χ2v) is 8.50. The van der Waals surface area contributed by atoms with E-state index in [4.69, 9.17) is 0 Å². The number of thiophene rings is 1. The molecule has 1 aromatic rings. The molecule has 0 amide bonds. The van der Waals surface area contributed by atoms with Gasteiger partial charge in [-0.05, 0) is 26.0 Å². The van der Waals surface area contributed by atoms with Crippen LogP contribution in [0.5, 0.6) is 0 Å². The predicted octanol–water partition coefficient (Wildman–Crippen LogP) is 2.40. The Morgan fingerprint density at radius 1 is 1.21 bits per heavy atom. The van der Waals surface area contributed by atoms with Crippen molar-refractivity contribution in [2.24, 2.45) is 4.99 Å². The molecule has 0 aromatic carbocycles. The number of halogens is 1. The van der Waals surface area contributed by atoms with Crippen LogP contribution in [-0.2, 0) is 16.6 Å². The van der Waals surface area contributed by atoms with Crippen molar-refractivity contribution in [2.45, 2.75) is 34.2 Å². The Kier molecular flexibility index (Phi) is 11.8. The lowest BCUT2D eigenvalue weighted by atomic mass is 10.4. The number of hydrogen-bond acceptors (Lipinski definition) is 4. The van der Waals surface area contributed by atoms with Gasteiger partial charge in [-0.25, -0.2) is 17.7 Å². The molecule has 140 valence electrons. The van der Waals surface area contributed by atoms with Gasteiger partial charge >= 0.3 is 0 Å². The maximum absolute atomic E-state index is 12.1. The van der Waals surface area contributed by atoms with Crippen molar-refractivity contribution < 1.29 is 8.42 Å². The average Bonchev–Trinajstić information content (AvgIpc) is 2.91. The molecule has 0 unspecified atom stereocenters. The zero-order valence-electron chi connectivity index (χ0n) is 14.8. The number of hydrogen-bond donors (Lipinski definition) is 2. The van der Waals surface area contributed by atoms with Crippen molar-refractivity contribution >= 4 is 51.3 Å². The first-order chi connectivity index (χ1) is 10.9. The van der Waals surface area contributed by atoms with E-state index < -0.39 is 10.0 Å². The number of guanidine groups is 1. The number of aliphatic imine (C=N–C) groups is 1. The van der Waals surface area contributed by atoms with E-state index in [1.807, 2.05) is 20.8 Å².